The Balaban J connectivity index is 0.000000741. The monoisotopic (exact) mass is 268 g/mol. The van der Waals surface area contributed by atoms with E-state index in [4.69, 9.17) is 15.3 Å². The fourth-order valence-electron chi connectivity index (χ4n) is 1.45. The van der Waals surface area contributed by atoms with Crippen molar-refractivity contribution >= 4 is 5.91 Å². The summed E-state index contributed by atoms with van der Waals surface area (Å²) in [5, 5.41) is 0. The molecule has 0 saturated heterocycles. The summed E-state index contributed by atoms with van der Waals surface area (Å²) in [5.74, 6) is 5.18. The zero-order valence-electron chi connectivity index (χ0n) is 12.5. The fraction of sp³-hybridized carbons (Fsp3) is 0.500. The lowest BCUT2D eigenvalue weighted by molar-refractivity contribution is -0.0431. The average molecular weight is 268 g/mol. The van der Waals surface area contributed by atoms with E-state index in [0.29, 0.717) is 17.1 Å². The van der Waals surface area contributed by atoms with E-state index in [1.165, 1.54) is 0 Å². The average Bonchev–Trinajstić information content (AvgIpc) is 2.75. The van der Waals surface area contributed by atoms with E-state index in [2.05, 4.69) is 5.43 Å². The number of ether oxygens (including phenoxy) is 2. The fourth-order valence-corrected chi connectivity index (χ4v) is 1.45. The van der Waals surface area contributed by atoms with Crippen molar-refractivity contribution in [3.05, 3.63) is 23.8 Å². The predicted octanol–water partition coefficient (Wildman–Crippen LogP) is 2.85. The molecule has 0 bridgehead atoms. The Hall–Kier alpha value is -1.75. The number of amides is 1. The minimum Gasteiger partial charge on any atom is -0.449 e. The lowest BCUT2D eigenvalue weighted by Gasteiger charge is -2.16. The second-order valence-electron chi connectivity index (χ2n) is 3.74. The molecule has 3 N–H and O–H groups in total. The van der Waals surface area contributed by atoms with Gasteiger partial charge < -0.3 is 9.47 Å². The van der Waals surface area contributed by atoms with Gasteiger partial charge in [-0.15, -0.1) is 0 Å². The van der Waals surface area contributed by atoms with Gasteiger partial charge in [0, 0.05) is 19.4 Å². The number of fused-ring (bicyclic) bond motifs is 1. The van der Waals surface area contributed by atoms with Gasteiger partial charge in [-0.05, 0) is 18.2 Å². The summed E-state index contributed by atoms with van der Waals surface area (Å²) in [6, 6.07) is 4.92. The number of carbonyl (C=O) groups excluding carboxylic acids is 1. The van der Waals surface area contributed by atoms with Crippen LogP contribution < -0.4 is 20.7 Å². The molecule has 1 heterocycles. The summed E-state index contributed by atoms with van der Waals surface area (Å²) < 4.78 is 11.0. The van der Waals surface area contributed by atoms with Crippen LogP contribution in [0.3, 0.4) is 0 Å². The Kier molecular flexibility index (Phi) is 6.93. The molecule has 0 radical (unpaired) electrons. The number of benzene rings is 1. The zero-order chi connectivity index (χ0) is 15.1. The molecule has 1 aromatic rings. The van der Waals surface area contributed by atoms with Crippen molar-refractivity contribution in [2.24, 2.45) is 5.84 Å². The van der Waals surface area contributed by atoms with Crippen LogP contribution in [-0.2, 0) is 0 Å². The maximum atomic E-state index is 11.2. The number of nitrogen functional groups attached to an aromatic ring is 1. The first kappa shape index (κ1) is 17.2. The van der Waals surface area contributed by atoms with Crippen LogP contribution in [0.25, 0.3) is 0 Å². The first-order chi connectivity index (χ1) is 9.02. The Bertz CT molecular complexity index is 417. The molecule has 1 aliphatic rings. The van der Waals surface area contributed by atoms with Crippen LogP contribution >= 0.6 is 0 Å². The molecule has 0 saturated carbocycles. The summed E-state index contributed by atoms with van der Waals surface area (Å²) in [5.41, 5.74) is 2.50. The van der Waals surface area contributed by atoms with Gasteiger partial charge in [0.15, 0.2) is 11.5 Å². The van der Waals surface area contributed by atoms with E-state index in [1.807, 2.05) is 27.7 Å². The van der Waals surface area contributed by atoms with Gasteiger partial charge in [0.1, 0.15) is 0 Å². The van der Waals surface area contributed by atoms with E-state index in [1.54, 1.807) is 32.0 Å². The predicted molar refractivity (Wildman–Crippen MR) is 76.1 cm³/mol. The molecule has 1 amide bonds. The summed E-state index contributed by atoms with van der Waals surface area (Å²) in [7, 11) is 0. The second kappa shape index (κ2) is 7.63. The molecule has 0 atom stereocenters. The highest BCUT2D eigenvalue weighted by molar-refractivity contribution is 5.94. The molecule has 2 rings (SSSR count). The molecule has 108 valence electrons. The molecule has 0 unspecified atom stereocenters. The quantitative estimate of drug-likeness (QED) is 0.466. The number of hydrogen-bond acceptors (Lipinski definition) is 4. The van der Waals surface area contributed by atoms with Crippen LogP contribution in [0.4, 0.5) is 0 Å². The van der Waals surface area contributed by atoms with Crippen molar-refractivity contribution in [3.63, 3.8) is 0 Å². The van der Waals surface area contributed by atoms with Gasteiger partial charge in [0.05, 0.1) is 0 Å². The lowest BCUT2D eigenvalue weighted by Crippen LogP contribution is -2.30. The van der Waals surface area contributed by atoms with Gasteiger partial charge in [0.25, 0.3) is 5.91 Å². The topological polar surface area (TPSA) is 73.6 Å². The molecule has 0 spiro atoms. The summed E-state index contributed by atoms with van der Waals surface area (Å²) in [6.45, 7) is 11.6. The van der Waals surface area contributed by atoms with Crippen LogP contribution in [0.15, 0.2) is 18.2 Å². The van der Waals surface area contributed by atoms with Crippen LogP contribution in [0.2, 0.25) is 0 Å². The van der Waals surface area contributed by atoms with Crippen LogP contribution in [0.5, 0.6) is 11.5 Å². The van der Waals surface area contributed by atoms with Gasteiger partial charge >= 0.3 is 0 Å². The van der Waals surface area contributed by atoms with E-state index in [9.17, 15) is 4.79 Å². The van der Waals surface area contributed by atoms with Gasteiger partial charge in [-0.2, -0.15) is 0 Å². The lowest BCUT2D eigenvalue weighted by atomic mass is 10.2. The second-order valence-corrected chi connectivity index (χ2v) is 3.74. The van der Waals surface area contributed by atoms with E-state index < -0.39 is 5.79 Å². The van der Waals surface area contributed by atoms with E-state index >= 15 is 0 Å². The highest BCUT2D eigenvalue weighted by atomic mass is 16.7. The Labute approximate surface area is 115 Å². The molecule has 1 aromatic carbocycles. The molecule has 5 heteroatoms. The molecule has 0 fully saturated rings. The number of hydrazine groups is 1. The number of nitrogens with one attached hydrogen (secondary N) is 1. The largest absolute Gasteiger partial charge is 0.449 e. The molecule has 5 nitrogen and oxygen atoms in total. The molecule has 0 aromatic heterocycles. The SMILES string of the molecule is CC.CC.CC1(C)Oc2ccc(C(=O)NN)cc2O1. The Morgan fingerprint density at radius 3 is 2.16 bits per heavy atom. The van der Waals surface area contributed by atoms with E-state index in [-0.39, 0.29) is 5.91 Å². The Morgan fingerprint density at radius 2 is 1.63 bits per heavy atom. The van der Waals surface area contributed by atoms with Crippen molar-refractivity contribution in [2.45, 2.75) is 47.3 Å². The molecule has 1 aliphatic heterocycles. The van der Waals surface area contributed by atoms with Crippen LogP contribution in [0, 0.1) is 0 Å². The minimum absolute atomic E-state index is 0.355. The molecule has 19 heavy (non-hydrogen) atoms. The maximum absolute atomic E-state index is 11.2. The third-order valence-corrected chi connectivity index (χ3v) is 2.05. The smallest absolute Gasteiger partial charge is 0.265 e. The maximum Gasteiger partial charge on any atom is 0.265 e. The van der Waals surface area contributed by atoms with Crippen molar-refractivity contribution in [1.29, 1.82) is 0 Å². The summed E-state index contributed by atoms with van der Waals surface area (Å²) in [6.07, 6.45) is 0. The van der Waals surface area contributed by atoms with Crippen LogP contribution in [-0.4, -0.2) is 11.7 Å². The molecular weight excluding hydrogens is 244 g/mol. The minimum atomic E-state index is -0.680. The molecular formula is C14H24N2O3. The number of carbonyl (C=O) groups is 1. The van der Waals surface area contributed by atoms with E-state index in [0.717, 1.165) is 0 Å². The summed E-state index contributed by atoms with van der Waals surface area (Å²) in [4.78, 5) is 11.2. The first-order valence-electron chi connectivity index (χ1n) is 6.55. The number of rotatable bonds is 1. The Morgan fingerprint density at radius 1 is 1.11 bits per heavy atom. The van der Waals surface area contributed by atoms with Crippen molar-refractivity contribution < 1.29 is 14.3 Å². The number of nitrogens with two attached hydrogens (primary N) is 1. The highest BCUT2D eigenvalue weighted by Crippen LogP contribution is 2.39. The summed E-state index contributed by atoms with van der Waals surface area (Å²) >= 11 is 0. The number of hydrogen-bond donors (Lipinski definition) is 2. The van der Waals surface area contributed by atoms with Crippen molar-refractivity contribution in [3.8, 4) is 11.5 Å². The van der Waals surface area contributed by atoms with Gasteiger partial charge in [0.2, 0.25) is 5.79 Å². The van der Waals surface area contributed by atoms with Gasteiger partial charge in [-0.1, -0.05) is 27.7 Å². The zero-order valence-corrected chi connectivity index (χ0v) is 12.5. The standard InChI is InChI=1S/C10H12N2O3.2C2H6/c1-10(2)14-7-4-3-6(9(13)12-11)5-8(7)15-10;2*1-2/h3-5H,11H2,1-2H3,(H,12,13);2*1-2H3. The first-order valence-corrected chi connectivity index (χ1v) is 6.55. The third kappa shape index (κ3) is 4.44. The molecule has 0 aliphatic carbocycles. The van der Waals surface area contributed by atoms with Crippen molar-refractivity contribution in [2.75, 3.05) is 0 Å². The highest BCUT2D eigenvalue weighted by Gasteiger charge is 2.31. The van der Waals surface area contributed by atoms with Gasteiger partial charge in [-0.3, -0.25) is 10.2 Å². The van der Waals surface area contributed by atoms with Gasteiger partial charge in [-0.25, -0.2) is 5.84 Å². The normalized spacial score (nSPS) is 13.4. The van der Waals surface area contributed by atoms with Crippen molar-refractivity contribution in [1.82, 2.24) is 5.43 Å². The third-order valence-electron chi connectivity index (χ3n) is 2.05. The van der Waals surface area contributed by atoms with Crippen LogP contribution in [0.1, 0.15) is 51.9 Å².